The zero-order chi connectivity index (χ0) is 21.3. The summed E-state index contributed by atoms with van der Waals surface area (Å²) in [6, 6.07) is 1.84. The molecule has 3 aromatic heterocycles. The Bertz CT molecular complexity index is 1090. The Morgan fingerprint density at radius 2 is 2.07 bits per heavy atom. The van der Waals surface area contributed by atoms with Gasteiger partial charge in [-0.25, -0.2) is 0 Å². The van der Waals surface area contributed by atoms with E-state index in [0.29, 0.717) is 40.0 Å². The number of aromatic nitrogens is 4. The van der Waals surface area contributed by atoms with Crippen molar-refractivity contribution in [3.8, 4) is 11.4 Å². The molecule has 8 heteroatoms. The molecule has 1 atom stereocenters. The third-order valence-electron chi connectivity index (χ3n) is 4.82. The van der Waals surface area contributed by atoms with Crippen LogP contribution in [0.3, 0.4) is 0 Å². The number of nitrogens with one attached hydrogen (secondary N) is 1. The van der Waals surface area contributed by atoms with E-state index < -0.39 is 5.25 Å². The van der Waals surface area contributed by atoms with Crippen molar-refractivity contribution in [2.45, 2.75) is 51.6 Å². The average Bonchev–Trinajstić information content (AvgIpc) is 3.33. The molecule has 0 aliphatic heterocycles. The number of hydrogen-bond donors (Lipinski definition) is 1. The smallest absolute Gasteiger partial charge is 0.192 e. The fourth-order valence-electron chi connectivity index (χ4n) is 3.43. The Labute approximate surface area is 173 Å². The van der Waals surface area contributed by atoms with E-state index >= 15 is 0 Å². The zero-order valence-electron chi connectivity index (χ0n) is 17.2. The van der Waals surface area contributed by atoms with Crippen LogP contribution < -0.4 is 0 Å². The summed E-state index contributed by atoms with van der Waals surface area (Å²) in [5.41, 5.74) is 3.30. The molecule has 3 heterocycles. The van der Waals surface area contributed by atoms with Gasteiger partial charge in [-0.05, 0) is 46.2 Å². The highest BCUT2D eigenvalue weighted by atomic mass is 32.2. The van der Waals surface area contributed by atoms with Crippen molar-refractivity contribution in [1.82, 2.24) is 19.7 Å². The van der Waals surface area contributed by atoms with Gasteiger partial charge in [0.05, 0.1) is 22.8 Å². The molecule has 3 aromatic rings. The van der Waals surface area contributed by atoms with E-state index in [9.17, 15) is 9.59 Å². The summed E-state index contributed by atoms with van der Waals surface area (Å²) >= 11 is 1.33. The van der Waals surface area contributed by atoms with Crippen LogP contribution in [0.15, 0.2) is 34.6 Å². The quantitative estimate of drug-likeness (QED) is 0.332. The minimum absolute atomic E-state index is 0.0542. The number of carbonyl (C=O) groups excluding carboxylic acids is 2. The summed E-state index contributed by atoms with van der Waals surface area (Å²) in [6.07, 6.45) is 3.37. The summed E-state index contributed by atoms with van der Waals surface area (Å²) in [5.74, 6) is 1.28. The van der Waals surface area contributed by atoms with Crippen LogP contribution in [-0.4, -0.2) is 36.6 Å². The lowest BCUT2D eigenvalue weighted by molar-refractivity contribution is 0.0988. The summed E-state index contributed by atoms with van der Waals surface area (Å²) in [5, 5.41) is 8.79. The highest BCUT2D eigenvalue weighted by molar-refractivity contribution is 8.00. The standard InChI is InChI=1S/C21H24N4O3S/c1-7-9-25-20(16-8-10-28-14(16)5)23-24-21(25)29-15(6)19(27)18-11(2)17(13(4)26)12(3)22-18/h7-8,10,15,22H,1,9H2,2-6H3. The number of allylic oxidation sites excluding steroid dienone is 1. The van der Waals surface area contributed by atoms with Crippen LogP contribution in [0.25, 0.3) is 11.4 Å². The third kappa shape index (κ3) is 3.85. The Kier molecular flexibility index (Phi) is 5.93. The minimum Gasteiger partial charge on any atom is -0.469 e. The molecule has 7 nitrogen and oxygen atoms in total. The number of furan rings is 1. The SMILES string of the molecule is C=CCn1c(SC(C)C(=O)c2[nH]c(C)c(C(C)=O)c2C)nnc1-c1ccoc1C. The van der Waals surface area contributed by atoms with Gasteiger partial charge in [-0.3, -0.25) is 14.2 Å². The van der Waals surface area contributed by atoms with Crippen LogP contribution in [0, 0.1) is 20.8 Å². The normalized spacial score (nSPS) is 12.2. The van der Waals surface area contributed by atoms with Gasteiger partial charge < -0.3 is 9.40 Å². The highest BCUT2D eigenvalue weighted by Crippen LogP contribution is 2.31. The molecule has 3 rings (SSSR count). The lowest BCUT2D eigenvalue weighted by Gasteiger charge is -2.11. The molecule has 0 amide bonds. The highest BCUT2D eigenvalue weighted by Gasteiger charge is 2.26. The molecule has 1 unspecified atom stereocenters. The predicted molar refractivity (Wildman–Crippen MR) is 113 cm³/mol. The molecule has 0 aliphatic rings. The Balaban J connectivity index is 1.90. The first-order valence-corrected chi connectivity index (χ1v) is 10.1. The lowest BCUT2D eigenvalue weighted by Crippen LogP contribution is -2.16. The number of nitrogens with zero attached hydrogens (tertiary/aromatic N) is 3. The molecule has 1 N–H and O–H groups in total. The molecule has 29 heavy (non-hydrogen) atoms. The van der Waals surface area contributed by atoms with Gasteiger partial charge in [0.25, 0.3) is 0 Å². The van der Waals surface area contributed by atoms with E-state index in [1.54, 1.807) is 26.2 Å². The molecule has 0 fully saturated rings. The lowest BCUT2D eigenvalue weighted by atomic mass is 10.0. The van der Waals surface area contributed by atoms with E-state index in [-0.39, 0.29) is 11.6 Å². The zero-order valence-corrected chi connectivity index (χ0v) is 18.0. The number of ketones is 2. The maximum Gasteiger partial charge on any atom is 0.192 e. The van der Waals surface area contributed by atoms with Gasteiger partial charge >= 0.3 is 0 Å². The molecule has 0 saturated carbocycles. The van der Waals surface area contributed by atoms with Crippen LogP contribution in [0.5, 0.6) is 0 Å². The molecular formula is C21H24N4O3S. The number of thioether (sulfide) groups is 1. The summed E-state index contributed by atoms with van der Waals surface area (Å²) < 4.78 is 7.29. The molecule has 0 bridgehead atoms. The molecule has 0 spiro atoms. The monoisotopic (exact) mass is 412 g/mol. The van der Waals surface area contributed by atoms with Gasteiger partial charge in [0.1, 0.15) is 5.76 Å². The van der Waals surface area contributed by atoms with Crippen molar-refractivity contribution < 1.29 is 14.0 Å². The molecule has 0 saturated heterocycles. The van der Waals surface area contributed by atoms with Crippen molar-refractivity contribution in [3.63, 3.8) is 0 Å². The maximum atomic E-state index is 13.1. The first kappa shape index (κ1) is 20.9. The number of H-pyrrole nitrogens is 1. The van der Waals surface area contributed by atoms with Crippen molar-refractivity contribution in [2.24, 2.45) is 0 Å². The summed E-state index contributed by atoms with van der Waals surface area (Å²) in [7, 11) is 0. The van der Waals surface area contributed by atoms with Gasteiger partial charge in [-0.1, -0.05) is 17.8 Å². The molecule has 0 aliphatic carbocycles. The van der Waals surface area contributed by atoms with E-state index in [2.05, 4.69) is 21.8 Å². The van der Waals surface area contributed by atoms with E-state index in [4.69, 9.17) is 4.42 Å². The van der Waals surface area contributed by atoms with Crippen LogP contribution in [-0.2, 0) is 6.54 Å². The van der Waals surface area contributed by atoms with Crippen LogP contribution in [0.1, 0.15) is 51.7 Å². The fourth-order valence-corrected chi connectivity index (χ4v) is 4.34. The van der Waals surface area contributed by atoms with Crippen molar-refractivity contribution >= 4 is 23.3 Å². The Hall–Kier alpha value is -2.87. The Morgan fingerprint density at radius 3 is 2.62 bits per heavy atom. The number of carbonyl (C=O) groups is 2. The van der Waals surface area contributed by atoms with E-state index in [0.717, 1.165) is 11.3 Å². The van der Waals surface area contributed by atoms with Crippen LogP contribution in [0.2, 0.25) is 0 Å². The number of Topliss-reactive ketones (excluding diaryl/α,β-unsaturated/α-hetero) is 2. The second-order valence-electron chi connectivity index (χ2n) is 6.90. The van der Waals surface area contributed by atoms with Crippen molar-refractivity contribution in [2.75, 3.05) is 0 Å². The predicted octanol–water partition coefficient (Wildman–Crippen LogP) is 4.54. The van der Waals surface area contributed by atoms with Gasteiger partial charge in [0.15, 0.2) is 22.5 Å². The van der Waals surface area contributed by atoms with Gasteiger partial charge in [0.2, 0.25) is 0 Å². The number of rotatable bonds is 8. The van der Waals surface area contributed by atoms with Crippen molar-refractivity contribution in [3.05, 3.63) is 53.3 Å². The minimum atomic E-state index is -0.419. The third-order valence-corrected chi connectivity index (χ3v) is 5.90. The second-order valence-corrected chi connectivity index (χ2v) is 8.21. The Morgan fingerprint density at radius 1 is 1.34 bits per heavy atom. The largest absolute Gasteiger partial charge is 0.469 e. The second kappa shape index (κ2) is 8.24. The molecule has 152 valence electrons. The number of hydrogen-bond acceptors (Lipinski definition) is 6. The van der Waals surface area contributed by atoms with Crippen molar-refractivity contribution in [1.29, 1.82) is 0 Å². The van der Waals surface area contributed by atoms with Gasteiger partial charge in [-0.15, -0.1) is 16.8 Å². The topological polar surface area (TPSA) is 93.8 Å². The van der Waals surface area contributed by atoms with Gasteiger partial charge in [-0.2, -0.15) is 0 Å². The maximum absolute atomic E-state index is 13.1. The molecule has 0 radical (unpaired) electrons. The van der Waals surface area contributed by atoms with Crippen LogP contribution in [0.4, 0.5) is 0 Å². The van der Waals surface area contributed by atoms with E-state index in [1.807, 2.05) is 24.5 Å². The molecular weight excluding hydrogens is 388 g/mol. The number of aryl methyl sites for hydroxylation is 2. The molecule has 0 aromatic carbocycles. The number of aromatic amines is 1. The average molecular weight is 413 g/mol. The summed E-state index contributed by atoms with van der Waals surface area (Å²) in [6.45, 7) is 13.1. The van der Waals surface area contributed by atoms with E-state index in [1.165, 1.54) is 18.7 Å². The first-order valence-electron chi connectivity index (χ1n) is 9.25. The fraction of sp³-hybridized carbons (Fsp3) is 0.333. The van der Waals surface area contributed by atoms with Gasteiger partial charge in [0, 0.05) is 17.8 Å². The van der Waals surface area contributed by atoms with Crippen LogP contribution >= 0.6 is 11.8 Å². The summed E-state index contributed by atoms with van der Waals surface area (Å²) in [4.78, 5) is 28.0. The first-order chi connectivity index (χ1) is 13.8.